The van der Waals surface area contributed by atoms with Crippen LogP contribution in [-0.2, 0) is 13.6 Å². The van der Waals surface area contributed by atoms with E-state index in [0.717, 1.165) is 22.1 Å². The standard InChI is InChI=1S/C11H13ClN4/c1-8-4-3-5-9(12)11(8)13-6-10-15-14-7-16(10)2/h3-5,7,13H,6H2,1-2H3. The monoisotopic (exact) mass is 236 g/mol. The molecular weight excluding hydrogens is 224 g/mol. The lowest BCUT2D eigenvalue weighted by Gasteiger charge is -2.10. The molecule has 0 aliphatic carbocycles. The third kappa shape index (κ3) is 2.17. The predicted molar refractivity (Wildman–Crippen MR) is 64.5 cm³/mol. The molecule has 1 aromatic carbocycles. The summed E-state index contributed by atoms with van der Waals surface area (Å²) < 4.78 is 1.87. The number of hydrogen-bond acceptors (Lipinski definition) is 3. The third-order valence-electron chi connectivity index (χ3n) is 2.45. The fourth-order valence-electron chi connectivity index (χ4n) is 1.49. The van der Waals surface area contributed by atoms with Crippen LogP contribution in [0.2, 0.25) is 5.02 Å². The second-order valence-electron chi connectivity index (χ2n) is 3.64. The zero-order valence-electron chi connectivity index (χ0n) is 9.24. The summed E-state index contributed by atoms with van der Waals surface area (Å²) >= 11 is 6.10. The van der Waals surface area contributed by atoms with Crippen LogP contribution in [0.3, 0.4) is 0 Å². The van der Waals surface area contributed by atoms with E-state index in [1.165, 1.54) is 0 Å². The highest BCUT2D eigenvalue weighted by Crippen LogP contribution is 2.25. The first-order valence-electron chi connectivity index (χ1n) is 5.00. The lowest BCUT2D eigenvalue weighted by Crippen LogP contribution is -2.06. The zero-order chi connectivity index (χ0) is 11.5. The molecule has 0 atom stereocenters. The molecule has 84 valence electrons. The molecule has 0 fully saturated rings. The number of anilines is 1. The van der Waals surface area contributed by atoms with E-state index in [2.05, 4.69) is 15.5 Å². The number of nitrogens with one attached hydrogen (secondary N) is 1. The maximum atomic E-state index is 6.10. The van der Waals surface area contributed by atoms with Crippen molar-refractivity contribution in [1.29, 1.82) is 0 Å². The van der Waals surface area contributed by atoms with Crippen LogP contribution in [-0.4, -0.2) is 14.8 Å². The van der Waals surface area contributed by atoms with E-state index in [-0.39, 0.29) is 0 Å². The Kier molecular flexibility index (Phi) is 3.10. The SMILES string of the molecule is Cc1cccc(Cl)c1NCc1nncn1C. The molecule has 1 aromatic heterocycles. The number of nitrogens with zero attached hydrogens (tertiary/aromatic N) is 3. The predicted octanol–water partition coefficient (Wildman–Crippen LogP) is 2.39. The topological polar surface area (TPSA) is 42.7 Å². The molecule has 2 aromatic rings. The molecule has 0 radical (unpaired) electrons. The van der Waals surface area contributed by atoms with Crippen molar-refractivity contribution in [2.24, 2.45) is 7.05 Å². The van der Waals surface area contributed by atoms with E-state index in [0.29, 0.717) is 6.54 Å². The Balaban J connectivity index is 2.14. The molecule has 0 bridgehead atoms. The molecule has 0 aliphatic rings. The molecule has 1 heterocycles. The smallest absolute Gasteiger partial charge is 0.151 e. The highest BCUT2D eigenvalue weighted by Gasteiger charge is 2.05. The van der Waals surface area contributed by atoms with Crippen LogP contribution in [0.5, 0.6) is 0 Å². The average Bonchev–Trinajstić information content (AvgIpc) is 2.64. The summed E-state index contributed by atoms with van der Waals surface area (Å²) in [7, 11) is 1.91. The molecule has 0 amide bonds. The van der Waals surface area contributed by atoms with E-state index in [1.54, 1.807) is 6.33 Å². The molecule has 0 aliphatic heterocycles. The molecule has 4 nitrogen and oxygen atoms in total. The van der Waals surface area contributed by atoms with Crippen molar-refractivity contribution >= 4 is 17.3 Å². The van der Waals surface area contributed by atoms with Gasteiger partial charge in [-0.05, 0) is 18.6 Å². The van der Waals surface area contributed by atoms with Crippen molar-refractivity contribution in [3.8, 4) is 0 Å². The largest absolute Gasteiger partial charge is 0.376 e. The summed E-state index contributed by atoms with van der Waals surface area (Å²) in [5, 5.41) is 11.8. The number of halogens is 1. The average molecular weight is 237 g/mol. The number of aromatic nitrogens is 3. The van der Waals surface area contributed by atoms with Gasteiger partial charge in [-0.1, -0.05) is 23.7 Å². The molecular formula is C11H13ClN4. The zero-order valence-corrected chi connectivity index (χ0v) is 9.99. The highest BCUT2D eigenvalue weighted by atomic mass is 35.5. The molecule has 5 heteroatoms. The fraction of sp³-hybridized carbons (Fsp3) is 0.273. The fourth-order valence-corrected chi connectivity index (χ4v) is 1.78. The first kappa shape index (κ1) is 11.0. The van der Waals surface area contributed by atoms with E-state index in [1.807, 2.05) is 36.7 Å². The summed E-state index contributed by atoms with van der Waals surface area (Å²) in [6.45, 7) is 2.63. The summed E-state index contributed by atoms with van der Waals surface area (Å²) in [5.74, 6) is 0.874. The highest BCUT2D eigenvalue weighted by molar-refractivity contribution is 6.33. The van der Waals surface area contributed by atoms with Gasteiger partial charge >= 0.3 is 0 Å². The number of hydrogen-bond donors (Lipinski definition) is 1. The van der Waals surface area contributed by atoms with E-state index in [9.17, 15) is 0 Å². The summed E-state index contributed by atoms with van der Waals surface area (Å²) in [6.07, 6.45) is 1.68. The van der Waals surface area contributed by atoms with Crippen LogP contribution in [0.15, 0.2) is 24.5 Å². The van der Waals surface area contributed by atoms with Crippen LogP contribution in [0.4, 0.5) is 5.69 Å². The molecule has 0 saturated heterocycles. The van der Waals surface area contributed by atoms with Crippen molar-refractivity contribution in [3.63, 3.8) is 0 Å². The van der Waals surface area contributed by atoms with Crippen LogP contribution >= 0.6 is 11.6 Å². The van der Waals surface area contributed by atoms with Crippen LogP contribution < -0.4 is 5.32 Å². The van der Waals surface area contributed by atoms with Crippen LogP contribution in [0.1, 0.15) is 11.4 Å². The van der Waals surface area contributed by atoms with Gasteiger partial charge in [0, 0.05) is 7.05 Å². The van der Waals surface area contributed by atoms with Gasteiger partial charge in [0.15, 0.2) is 5.82 Å². The van der Waals surface area contributed by atoms with Crippen molar-refractivity contribution in [2.45, 2.75) is 13.5 Å². The van der Waals surface area contributed by atoms with Gasteiger partial charge in [-0.15, -0.1) is 10.2 Å². The van der Waals surface area contributed by atoms with Gasteiger partial charge in [0.25, 0.3) is 0 Å². The molecule has 0 unspecified atom stereocenters. The summed E-state index contributed by atoms with van der Waals surface area (Å²) in [4.78, 5) is 0. The minimum atomic E-state index is 0.612. The van der Waals surface area contributed by atoms with Crippen molar-refractivity contribution in [1.82, 2.24) is 14.8 Å². The van der Waals surface area contributed by atoms with Gasteiger partial charge in [0.05, 0.1) is 17.3 Å². The number of rotatable bonds is 3. The van der Waals surface area contributed by atoms with E-state index in [4.69, 9.17) is 11.6 Å². The van der Waals surface area contributed by atoms with Gasteiger partial charge in [-0.25, -0.2) is 0 Å². The van der Waals surface area contributed by atoms with Crippen molar-refractivity contribution in [3.05, 3.63) is 40.9 Å². The number of benzene rings is 1. The third-order valence-corrected chi connectivity index (χ3v) is 2.77. The molecule has 2 rings (SSSR count). The lowest BCUT2D eigenvalue weighted by molar-refractivity contribution is 0.812. The lowest BCUT2D eigenvalue weighted by atomic mass is 10.2. The minimum absolute atomic E-state index is 0.612. The first-order chi connectivity index (χ1) is 7.68. The molecule has 0 saturated carbocycles. The Hall–Kier alpha value is -1.55. The van der Waals surface area contributed by atoms with Gasteiger partial charge < -0.3 is 9.88 Å². The molecule has 1 N–H and O–H groups in total. The normalized spacial score (nSPS) is 10.4. The van der Waals surface area contributed by atoms with Crippen LogP contribution in [0.25, 0.3) is 0 Å². The van der Waals surface area contributed by atoms with E-state index >= 15 is 0 Å². The molecule has 16 heavy (non-hydrogen) atoms. The quantitative estimate of drug-likeness (QED) is 0.890. The molecule has 0 spiro atoms. The summed E-state index contributed by atoms with van der Waals surface area (Å²) in [5.41, 5.74) is 2.07. The second-order valence-corrected chi connectivity index (χ2v) is 4.05. The van der Waals surface area contributed by atoms with Gasteiger partial charge in [-0.3, -0.25) is 0 Å². The second kappa shape index (κ2) is 4.53. The van der Waals surface area contributed by atoms with Gasteiger partial charge in [0.2, 0.25) is 0 Å². The van der Waals surface area contributed by atoms with Gasteiger partial charge in [0.1, 0.15) is 6.33 Å². The Morgan fingerprint density at radius 2 is 2.25 bits per heavy atom. The number of para-hydroxylation sites is 1. The van der Waals surface area contributed by atoms with Crippen LogP contribution in [0, 0.1) is 6.92 Å². The van der Waals surface area contributed by atoms with Crippen molar-refractivity contribution in [2.75, 3.05) is 5.32 Å². The van der Waals surface area contributed by atoms with E-state index < -0.39 is 0 Å². The maximum Gasteiger partial charge on any atom is 0.151 e. The first-order valence-corrected chi connectivity index (χ1v) is 5.38. The Morgan fingerprint density at radius 1 is 1.44 bits per heavy atom. The number of aryl methyl sites for hydroxylation is 2. The Labute approximate surface area is 99.3 Å². The Bertz CT molecular complexity index is 472. The maximum absolute atomic E-state index is 6.10. The minimum Gasteiger partial charge on any atom is -0.376 e. The summed E-state index contributed by atoms with van der Waals surface area (Å²) in [6, 6.07) is 5.82. The van der Waals surface area contributed by atoms with Gasteiger partial charge in [-0.2, -0.15) is 0 Å². The van der Waals surface area contributed by atoms with Crippen molar-refractivity contribution < 1.29 is 0 Å². The Morgan fingerprint density at radius 3 is 2.88 bits per heavy atom.